The third-order valence-electron chi connectivity index (χ3n) is 8.74. The van der Waals surface area contributed by atoms with Crippen LogP contribution in [0.3, 0.4) is 0 Å². The fourth-order valence-electron chi connectivity index (χ4n) is 6.06. The van der Waals surface area contributed by atoms with Gasteiger partial charge in [-0.25, -0.2) is 4.98 Å². The lowest BCUT2D eigenvalue weighted by Gasteiger charge is -2.34. The molecule has 0 unspecified atom stereocenters. The van der Waals surface area contributed by atoms with Gasteiger partial charge in [-0.3, -0.25) is 14.5 Å². The Kier molecular flexibility index (Phi) is 9.44. The number of carbonyl (C=O) groups is 1. The van der Waals surface area contributed by atoms with Gasteiger partial charge in [0, 0.05) is 43.0 Å². The molecular formula is C34H43N5O4. The van der Waals surface area contributed by atoms with Crippen LogP contribution >= 0.6 is 0 Å². The van der Waals surface area contributed by atoms with Gasteiger partial charge in [-0.1, -0.05) is 45.0 Å². The number of rotatable bonds is 11. The second kappa shape index (κ2) is 13.2. The Hall–Kier alpha value is -3.79. The van der Waals surface area contributed by atoms with Gasteiger partial charge in [0.2, 0.25) is 5.56 Å². The molecule has 0 fully saturated rings. The number of nitrogens with one attached hydrogen (secondary N) is 3. The molecule has 1 amide bonds. The summed E-state index contributed by atoms with van der Waals surface area (Å²) < 4.78 is 0. The summed E-state index contributed by atoms with van der Waals surface area (Å²) in [7, 11) is 0. The third-order valence-corrected chi connectivity index (χ3v) is 8.74. The van der Waals surface area contributed by atoms with Crippen molar-refractivity contribution >= 4 is 16.9 Å². The molecule has 4 aromatic rings. The first kappa shape index (κ1) is 30.7. The lowest BCUT2D eigenvalue weighted by Crippen LogP contribution is -2.35. The number of H-pyrrole nitrogens is 2. The minimum atomic E-state index is -0.308. The average Bonchev–Trinajstić information content (AvgIpc) is 3.41. The number of aromatic amines is 2. The van der Waals surface area contributed by atoms with Crippen molar-refractivity contribution in [1.29, 1.82) is 0 Å². The van der Waals surface area contributed by atoms with E-state index in [0.717, 1.165) is 52.7 Å². The van der Waals surface area contributed by atoms with E-state index in [4.69, 9.17) is 4.98 Å². The molecule has 0 spiro atoms. The summed E-state index contributed by atoms with van der Waals surface area (Å²) >= 11 is 0. The summed E-state index contributed by atoms with van der Waals surface area (Å²) in [6.07, 6.45) is 5.34. The molecule has 1 aromatic carbocycles. The van der Waals surface area contributed by atoms with Crippen LogP contribution in [0.2, 0.25) is 0 Å². The van der Waals surface area contributed by atoms with E-state index in [9.17, 15) is 19.8 Å². The minimum absolute atomic E-state index is 0.00652. The van der Waals surface area contributed by atoms with Crippen LogP contribution in [0.5, 0.6) is 0 Å². The molecular weight excluding hydrogens is 542 g/mol. The van der Waals surface area contributed by atoms with E-state index in [1.54, 1.807) is 12.3 Å². The monoisotopic (exact) mass is 585 g/mol. The van der Waals surface area contributed by atoms with Gasteiger partial charge in [0.05, 0.1) is 19.3 Å². The van der Waals surface area contributed by atoms with E-state index in [2.05, 4.69) is 42.1 Å². The van der Waals surface area contributed by atoms with Gasteiger partial charge in [-0.15, -0.1) is 0 Å². The van der Waals surface area contributed by atoms with Gasteiger partial charge >= 0.3 is 0 Å². The quantitative estimate of drug-likeness (QED) is 0.179. The lowest BCUT2D eigenvalue weighted by atomic mass is 9.71. The number of nitrogens with zero attached hydrogens (tertiary/aromatic N) is 2. The highest BCUT2D eigenvalue weighted by Gasteiger charge is 2.30. The highest BCUT2D eigenvalue weighted by molar-refractivity contribution is 5.97. The second-order valence-electron chi connectivity index (χ2n) is 12.7. The van der Waals surface area contributed by atoms with Crippen LogP contribution in [0.25, 0.3) is 22.2 Å². The standard InChI is InChI=1S/C34H43N5O4/c1-34(2,3)27-9-10-28-25(19-27)18-26-20-30(37-32(26)36-28)33(43)38-29(12-13-39(14-16-40)15-17-41)23-6-4-22(5-7-23)24-8-11-31(42)35-21-24/h4-8,11,18,20-21,27,29,40-41H,9-10,12-17,19H2,1-3H3,(H,35,42)(H,36,37)(H,38,43)/t27-,29+/m0/s1. The number of pyridine rings is 2. The Balaban J connectivity index is 1.37. The maximum absolute atomic E-state index is 13.6. The van der Waals surface area contributed by atoms with Gasteiger partial charge in [-0.05, 0) is 77.5 Å². The number of hydrogen-bond donors (Lipinski definition) is 5. The molecule has 3 heterocycles. The number of aryl methyl sites for hydroxylation is 1. The zero-order valence-corrected chi connectivity index (χ0v) is 25.3. The molecule has 9 nitrogen and oxygen atoms in total. The summed E-state index contributed by atoms with van der Waals surface area (Å²) in [5.74, 6) is 0.391. The van der Waals surface area contributed by atoms with Crippen molar-refractivity contribution in [3.05, 3.63) is 87.6 Å². The van der Waals surface area contributed by atoms with Crippen molar-refractivity contribution in [2.75, 3.05) is 32.8 Å². The number of aliphatic hydroxyl groups is 2. The maximum atomic E-state index is 13.6. The van der Waals surface area contributed by atoms with E-state index in [0.29, 0.717) is 37.7 Å². The Morgan fingerprint density at radius 3 is 2.42 bits per heavy atom. The lowest BCUT2D eigenvalue weighted by molar-refractivity contribution is 0.0923. The highest BCUT2D eigenvalue weighted by atomic mass is 16.3. The summed E-state index contributed by atoms with van der Waals surface area (Å²) in [4.78, 5) is 37.9. The van der Waals surface area contributed by atoms with Crippen LogP contribution in [0, 0.1) is 11.3 Å². The van der Waals surface area contributed by atoms with E-state index < -0.39 is 0 Å². The summed E-state index contributed by atoms with van der Waals surface area (Å²) in [6, 6.07) is 15.0. The number of aliphatic hydroxyl groups excluding tert-OH is 2. The first-order valence-electron chi connectivity index (χ1n) is 15.2. The van der Waals surface area contributed by atoms with Crippen molar-refractivity contribution in [2.45, 2.75) is 52.5 Å². The topological polar surface area (TPSA) is 134 Å². The Morgan fingerprint density at radius 1 is 1.05 bits per heavy atom. The molecule has 0 bridgehead atoms. The first-order valence-corrected chi connectivity index (χ1v) is 15.2. The fourth-order valence-corrected chi connectivity index (χ4v) is 6.06. The van der Waals surface area contributed by atoms with E-state index >= 15 is 0 Å². The number of carbonyl (C=O) groups excluding carboxylic acids is 1. The molecule has 0 aliphatic heterocycles. The maximum Gasteiger partial charge on any atom is 0.268 e. The van der Waals surface area contributed by atoms with Crippen LogP contribution in [0.1, 0.15) is 67.0 Å². The molecule has 5 rings (SSSR count). The van der Waals surface area contributed by atoms with Gasteiger partial charge in [0.25, 0.3) is 5.91 Å². The predicted octanol–water partition coefficient (Wildman–Crippen LogP) is 4.22. The summed E-state index contributed by atoms with van der Waals surface area (Å²) in [6.45, 7) is 8.36. The summed E-state index contributed by atoms with van der Waals surface area (Å²) in [5.41, 5.74) is 6.47. The molecule has 0 radical (unpaired) electrons. The highest BCUT2D eigenvalue weighted by Crippen LogP contribution is 2.37. The van der Waals surface area contributed by atoms with Crippen molar-refractivity contribution in [3.8, 4) is 11.1 Å². The van der Waals surface area contributed by atoms with Crippen molar-refractivity contribution in [2.24, 2.45) is 11.3 Å². The molecule has 1 aliphatic carbocycles. The number of aromatic nitrogens is 3. The van der Waals surface area contributed by atoms with Gasteiger partial charge in [0.15, 0.2) is 0 Å². The smallest absolute Gasteiger partial charge is 0.268 e. The number of amides is 1. The number of fused-ring (bicyclic) bond motifs is 2. The van der Waals surface area contributed by atoms with Crippen LogP contribution in [-0.2, 0) is 12.8 Å². The Morgan fingerprint density at radius 2 is 1.77 bits per heavy atom. The van der Waals surface area contributed by atoms with Crippen molar-refractivity contribution in [3.63, 3.8) is 0 Å². The fraction of sp³-hybridized carbons (Fsp3) is 0.441. The van der Waals surface area contributed by atoms with Crippen LogP contribution in [0.15, 0.2) is 59.5 Å². The van der Waals surface area contributed by atoms with Crippen LogP contribution < -0.4 is 10.9 Å². The number of hydrogen-bond acceptors (Lipinski definition) is 6. The number of benzene rings is 1. The van der Waals surface area contributed by atoms with Crippen LogP contribution in [0.4, 0.5) is 0 Å². The van der Waals surface area contributed by atoms with Crippen LogP contribution in [-0.4, -0.2) is 68.8 Å². The van der Waals surface area contributed by atoms with Crippen molar-refractivity contribution in [1.82, 2.24) is 25.2 Å². The average molecular weight is 586 g/mol. The SMILES string of the molecule is CC(C)(C)[C@H]1CCc2nc3[nH]c(C(=O)N[C@H](CCN(CCO)CCO)c4ccc(-c5ccc(=O)[nH]c5)cc4)cc3cc2C1. The molecule has 0 saturated heterocycles. The zero-order valence-electron chi connectivity index (χ0n) is 25.3. The minimum Gasteiger partial charge on any atom is -0.395 e. The summed E-state index contributed by atoms with van der Waals surface area (Å²) in [5, 5.41) is 23.1. The molecule has 5 N–H and O–H groups in total. The molecule has 0 saturated carbocycles. The molecule has 3 aromatic heterocycles. The Bertz CT molecular complexity index is 1580. The third kappa shape index (κ3) is 7.41. The molecule has 228 valence electrons. The van der Waals surface area contributed by atoms with E-state index in [-0.39, 0.29) is 36.1 Å². The molecule has 9 heteroatoms. The normalized spacial score (nSPS) is 15.9. The van der Waals surface area contributed by atoms with E-state index in [1.807, 2.05) is 35.2 Å². The first-order chi connectivity index (χ1) is 20.6. The van der Waals surface area contributed by atoms with Gasteiger partial charge in [-0.2, -0.15) is 0 Å². The van der Waals surface area contributed by atoms with E-state index in [1.165, 1.54) is 11.6 Å². The largest absolute Gasteiger partial charge is 0.395 e. The predicted molar refractivity (Wildman–Crippen MR) is 169 cm³/mol. The van der Waals surface area contributed by atoms with Crippen molar-refractivity contribution < 1.29 is 15.0 Å². The zero-order chi connectivity index (χ0) is 30.6. The Labute approximate surface area is 252 Å². The molecule has 43 heavy (non-hydrogen) atoms. The van der Waals surface area contributed by atoms with Gasteiger partial charge < -0.3 is 25.5 Å². The molecule has 2 atom stereocenters. The molecule has 1 aliphatic rings. The second-order valence-corrected chi connectivity index (χ2v) is 12.7. The van der Waals surface area contributed by atoms with Gasteiger partial charge in [0.1, 0.15) is 11.3 Å².